The highest BCUT2D eigenvalue weighted by Crippen LogP contribution is 2.22. The average Bonchev–Trinajstić information content (AvgIpc) is 2.32. The molecule has 0 bridgehead atoms. The largest absolute Gasteiger partial charge is 0.522 e. The average molecular weight is 185 g/mol. The summed E-state index contributed by atoms with van der Waals surface area (Å²) in [5.41, 5.74) is 0. The fourth-order valence-corrected chi connectivity index (χ4v) is 1.20. The molecule has 0 aromatic carbocycles. The first-order valence-electron chi connectivity index (χ1n) is 3.60. The van der Waals surface area contributed by atoms with Gasteiger partial charge in [-0.2, -0.15) is 0 Å². The molecule has 0 aliphatic carbocycles. The molecule has 1 fully saturated rings. The maximum atomic E-state index is 11.6. The van der Waals surface area contributed by atoms with Crippen molar-refractivity contribution in [2.45, 2.75) is 24.9 Å². The minimum Gasteiger partial charge on any atom is -0.395 e. The zero-order chi connectivity index (χ0) is 9.19. The van der Waals surface area contributed by atoms with Crippen molar-refractivity contribution in [3.63, 3.8) is 0 Å². The molecule has 1 saturated heterocycles. The van der Waals surface area contributed by atoms with Gasteiger partial charge in [0.2, 0.25) is 0 Å². The Kier molecular flexibility index (Phi) is 2.92. The molecule has 1 aliphatic rings. The number of aliphatic hydroxyl groups excluding tert-OH is 1. The molecule has 6 heteroatoms. The normalized spacial score (nSPS) is 31.0. The minimum atomic E-state index is -4.57. The number of aliphatic hydroxyl groups is 1. The molecule has 1 aliphatic heterocycles. The highest BCUT2D eigenvalue weighted by Gasteiger charge is 2.36. The molecule has 0 aromatic rings. The summed E-state index contributed by atoms with van der Waals surface area (Å²) < 4.78 is 38.6. The smallest absolute Gasteiger partial charge is 0.395 e. The maximum Gasteiger partial charge on any atom is 0.522 e. The first kappa shape index (κ1) is 9.76. The molecule has 3 nitrogen and oxygen atoms in total. The lowest BCUT2D eigenvalue weighted by molar-refractivity contribution is -0.340. The van der Waals surface area contributed by atoms with Crippen LogP contribution in [0.3, 0.4) is 0 Å². The number of ether oxygens (including phenoxy) is 1. The third-order valence-electron chi connectivity index (χ3n) is 1.70. The van der Waals surface area contributed by atoms with Crippen molar-refractivity contribution >= 4 is 0 Å². The van der Waals surface area contributed by atoms with Crippen LogP contribution in [0.15, 0.2) is 0 Å². The van der Waals surface area contributed by atoms with Gasteiger partial charge in [0.1, 0.15) is 0 Å². The summed E-state index contributed by atoms with van der Waals surface area (Å²) in [6.07, 6.45) is -5.23. The van der Waals surface area contributed by atoms with Gasteiger partial charge in [0.15, 0.2) is 0 Å². The van der Waals surface area contributed by atoms with Crippen LogP contribution in [-0.2, 0) is 4.74 Å². The monoisotopic (exact) mass is 185 g/mol. The van der Waals surface area contributed by atoms with E-state index >= 15 is 0 Å². The van der Waals surface area contributed by atoms with Gasteiger partial charge in [0.05, 0.1) is 12.7 Å². The van der Waals surface area contributed by atoms with Gasteiger partial charge < -0.3 is 10.4 Å². The molecule has 12 heavy (non-hydrogen) atoms. The summed E-state index contributed by atoms with van der Waals surface area (Å²) >= 11 is 0. The number of halogens is 3. The van der Waals surface area contributed by atoms with Gasteiger partial charge in [-0.15, -0.1) is 13.2 Å². The van der Waals surface area contributed by atoms with Crippen molar-refractivity contribution in [1.82, 2.24) is 5.32 Å². The fourth-order valence-electron chi connectivity index (χ4n) is 1.20. The van der Waals surface area contributed by atoms with Crippen LogP contribution in [0.4, 0.5) is 13.2 Å². The summed E-state index contributed by atoms with van der Waals surface area (Å²) in [6, 6.07) is -0.266. The second-order valence-corrected chi connectivity index (χ2v) is 2.71. The maximum absolute atomic E-state index is 11.6. The van der Waals surface area contributed by atoms with Crippen LogP contribution in [0.5, 0.6) is 0 Å². The number of rotatable bonds is 2. The second-order valence-electron chi connectivity index (χ2n) is 2.71. The molecule has 0 radical (unpaired) electrons. The molecule has 1 rings (SSSR count). The lowest BCUT2D eigenvalue weighted by Crippen LogP contribution is -2.26. The molecular formula is C6H10F3NO2. The Balaban J connectivity index is 2.28. The van der Waals surface area contributed by atoms with Crippen LogP contribution in [0.1, 0.15) is 6.42 Å². The Hall–Kier alpha value is -0.330. The van der Waals surface area contributed by atoms with Crippen LogP contribution in [-0.4, -0.2) is 36.8 Å². The summed E-state index contributed by atoms with van der Waals surface area (Å²) in [5, 5.41) is 11.3. The van der Waals surface area contributed by atoms with Gasteiger partial charge in [-0.3, -0.25) is 4.74 Å². The van der Waals surface area contributed by atoms with Crippen LogP contribution >= 0.6 is 0 Å². The summed E-state index contributed by atoms with van der Waals surface area (Å²) in [6.45, 7) is -0.0115. The van der Waals surface area contributed by atoms with Crippen molar-refractivity contribution in [1.29, 1.82) is 0 Å². The number of alkyl halides is 3. The van der Waals surface area contributed by atoms with E-state index in [2.05, 4.69) is 10.1 Å². The number of hydrogen-bond donors (Lipinski definition) is 2. The van der Waals surface area contributed by atoms with Crippen LogP contribution in [0, 0.1) is 0 Å². The van der Waals surface area contributed by atoms with E-state index in [1.165, 1.54) is 0 Å². The standard InChI is InChI=1S/C6H10F3NO2/c7-6(8,9)12-5-1-4(3-11)10-2-5/h4-5,10-11H,1-3H2. The summed E-state index contributed by atoms with van der Waals surface area (Å²) in [5.74, 6) is 0. The molecule has 0 saturated carbocycles. The van der Waals surface area contributed by atoms with Gasteiger partial charge in [-0.05, 0) is 6.42 Å². The zero-order valence-corrected chi connectivity index (χ0v) is 6.27. The summed E-state index contributed by atoms with van der Waals surface area (Å²) in [4.78, 5) is 0. The van der Waals surface area contributed by atoms with Gasteiger partial charge in [0, 0.05) is 12.6 Å². The van der Waals surface area contributed by atoms with Crippen LogP contribution < -0.4 is 5.32 Å². The SMILES string of the molecule is OCC1CC(OC(F)(F)F)CN1. The Morgan fingerprint density at radius 3 is 2.58 bits per heavy atom. The molecule has 0 aromatic heterocycles. The van der Waals surface area contributed by atoms with E-state index in [0.29, 0.717) is 0 Å². The highest BCUT2D eigenvalue weighted by atomic mass is 19.4. The van der Waals surface area contributed by atoms with Gasteiger partial charge in [-0.1, -0.05) is 0 Å². The van der Waals surface area contributed by atoms with Crippen molar-refractivity contribution < 1.29 is 23.0 Å². The van der Waals surface area contributed by atoms with E-state index in [0.717, 1.165) is 0 Å². The Bertz CT molecular complexity index is 150. The van der Waals surface area contributed by atoms with Gasteiger partial charge in [-0.25, -0.2) is 0 Å². The molecule has 2 unspecified atom stereocenters. The minimum absolute atomic E-state index is 0.144. The lowest BCUT2D eigenvalue weighted by Gasteiger charge is -2.12. The van der Waals surface area contributed by atoms with Crippen molar-refractivity contribution in [3.8, 4) is 0 Å². The lowest BCUT2D eigenvalue weighted by atomic mass is 10.2. The number of nitrogens with one attached hydrogen (secondary N) is 1. The van der Waals surface area contributed by atoms with Crippen molar-refractivity contribution in [2.75, 3.05) is 13.2 Å². The Labute approximate surface area is 67.5 Å². The van der Waals surface area contributed by atoms with E-state index in [1.807, 2.05) is 0 Å². The fraction of sp³-hybridized carbons (Fsp3) is 1.00. The molecule has 0 spiro atoms. The Morgan fingerprint density at radius 1 is 1.50 bits per heavy atom. The molecular weight excluding hydrogens is 175 g/mol. The molecule has 2 atom stereocenters. The number of hydrogen-bond acceptors (Lipinski definition) is 3. The first-order valence-corrected chi connectivity index (χ1v) is 3.60. The first-order chi connectivity index (χ1) is 5.51. The molecule has 1 heterocycles. The van der Waals surface area contributed by atoms with Gasteiger partial charge >= 0.3 is 6.36 Å². The predicted octanol–water partition coefficient (Wildman–Crippen LogP) is 0.246. The quantitative estimate of drug-likeness (QED) is 0.647. The van der Waals surface area contributed by atoms with E-state index in [9.17, 15) is 13.2 Å². The van der Waals surface area contributed by atoms with E-state index in [1.54, 1.807) is 0 Å². The third-order valence-corrected chi connectivity index (χ3v) is 1.70. The van der Waals surface area contributed by atoms with Crippen molar-refractivity contribution in [2.24, 2.45) is 0 Å². The van der Waals surface area contributed by atoms with E-state index < -0.39 is 12.5 Å². The predicted molar refractivity (Wildman–Crippen MR) is 34.4 cm³/mol. The summed E-state index contributed by atoms with van der Waals surface area (Å²) in [7, 11) is 0. The highest BCUT2D eigenvalue weighted by molar-refractivity contribution is 4.81. The molecule has 2 N–H and O–H groups in total. The topological polar surface area (TPSA) is 41.5 Å². The Morgan fingerprint density at radius 2 is 2.17 bits per heavy atom. The van der Waals surface area contributed by atoms with Crippen LogP contribution in [0.25, 0.3) is 0 Å². The third kappa shape index (κ3) is 2.96. The molecule has 72 valence electrons. The van der Waals surface area contributed by atoms with Gasteiger partial charge in [0.25, 0.3) is 0 Å². The van der Waals surface area contributed by atoms with Crippen LogP contribution in [0.2, 0.25) is 0 Å². The van der Waals surface area contributed by atoms with E-state index in [-0.39, 0.29) is 25.6 Å². The molecule has 0 amide bonds. The zero-order valence-electron chi connectivity index (χ0n) is 6.27. The van der Waals surface area contributed by atoms with Crippen molar-refractivity contribution in [3.05, 3.63) is 0 Å². The van der Waals surface area contributed by atoms with E-state index in [4.69, 9.17) is 5.11 Å². The second kappa shape index (κ2) is 3.59.